The maximum atomic E-state index is 5.34. The van der Waals surface area contributed by atoms with E-state index in [0.29, 0.717) is 5.54 Å². The highest BCUT2D eigenvalue weighted by Gasteiger charge is 2.49. The molecule has 0 atom stereocenters. The van der Waals surface area contributed by atoms with E-state index in [4.69, 9.17) is 4.74 Å². The minimum absolute atomic E-state index is 0.337. The van der Waals surface area contributed by atoms with Crippen molar-refractivity contribution in [1.29, 1.82) is 0 Å². The maximum Gasteiger partial charge on any atom is 0.123 e. The molecule has 0 radical (unpaired) electrons. The Morgan fingerprint density at radius 1 is 1.38 bits per heavy atom. The molecule has 1 saturated carbocycles. The summed E-state index contributed by atoms with van der Waals surface area (Å²) in [7, 11) is 1.74. The maximum absolute atomic E-state index is 5.34. The molecule has 2 nitrogen and oxygen atoms in total. The Morgan fingerprint density at radius 3 is 2.92 bits per heavy atom. The summed E-state index contributed by atoms with van der Waals surface area (Å²) >= 11 is 0. The van der Waals surface area contributed by atoms with Crippen LogP contribution in [0.5, 0.6) is 5.75 Å². The predicted octanol–water partition coefficient (Wildman–Crippen LogP) is 1.79. The zero-order valence-corrected chi connectivity index (χ0v) is 7.76. The van der Waals surface area contributed by atoms with E-state index in [-0.39, 0.29) is 0 Å². The molecule has 1 fully saturated rings. The first-order valence-corrected chi connectivity index (χ1v) is 4.77. The number of fused-ring (bicyclic) bond motifs is 2. The Hall–Kier alpha value is -1.02. The van der Waals surface area contributed by atoms with Crippen LogP contribution >= 0.6 is 0 Å². The molecule has 1 heterocycles. The number of hydrogen-bond donors (Lipinski definition) is 1. The Balaban J connectivity index is 2.17. The lowest BCUT2D eigenvalue weighted by Crippen LogP contribution is -2.19. The molecule has 68 valence electrons. The molecule has 2 aliphatic rings. The molecule has 0 bridgehead atoms. The van der Waals surface area contributed by atoms with Gasteiger partial charge in [-0.1, -0.05) is 12.1 Å². The predicted molar refractivity (Wildman–Crippen MR) is 50.7 cm³/mol. The zero-order valence-electron chi connectivity index (χ0n) is 7.76. The molecule has 3 rings (SSSR count). The smallest absolute Gasteiger partial charge is 0.123 e. The molecular weight excluding hydrogens is 162 g/mol. The van der Waals surface area contributed by atoms with Crippen molar-refractivity contribution in [2.45, 2.75) is 24.9 Å². The van der Waals surface area contributed by atoms with Gasteiger partial charge in [0.25, 0.3) is 0 Å². The number of methoxy groups -OCH3 is 1. The van der Waals surface area contributed by atoms with Crippen LogP contribution in [0.2, 0.25) is 0 Å². The molecule has 0 saturated heterocycles. The van der Waals surface area contributed by atoms with E-state index in [9.17, 15) is 0 Å². The highest BCUT2D eigenvalue weighted by Crippen LogP contribution is 2.51. The van der Waals surface area contributed by atoms with E-state index >= 15 is 0 Å². The van der Waals surface area contributed by atoms with Crippen LogP contribution in [-0.4, -0.2) is 7.11 Å². The number of hydrogen-bond acceptors (Lipinski definition) is 2. The van der Waals surface area contributed by atoms with Gasteiger partial charge in [0.05, 0.1) is 7.11 Å². The van der Waals surface area contributed by atoms with Crippen molar-refractivity contribution in [3.05, 3.63) is 29.3 Å². The van der Waals surface area contributed by atoms with E-state index in [2.05, 4.69) is 17.4 Å². The second-order valence-electron chi connectivity index (χ2n) is 3.92. The van der Waals surface area contributed by atoms with Crippen molar-refractivity contribution in [2.75, 3.05) is 7.11 Å². The molecule has 1 aliphatic heterocycles. The van der Waals surface area contributed by atoms with Gasteiger partial charge in [0.2, 0.25) is 0 Å². The Bertz CT molecular complexity index is 355. The van der Waals surface area contributed by atoms with Gasteiger partial charge in [-0.05, 0) is 24.5 Å². The van der Waals surface area contributed by atoms with Crippen molar-refractivity contribution >= 4 is 0 Å². The van der Waals surface area contributed by atoms with Crippen LogP contribution in [0.4, 0.5) is 0 Å². The quantitative estimate of drug-likeness (QED) is 0.702. The molecule has 0 unspecified atom stereocenters. The third-order valence-electron chi connectivity index (χ3n) is 3.22. The van der Waals surface area contributed by atoms with Gasteiger partial charge < -0.3 is 10.1 Å². The molecule has 0 amide bonds. The lowest BCUT2D eigenvalue weighted by Gasteiger charge is -2.09. The first kappa shape index (κ1) is 7.39. The largest absolute Gasteiger partial charge is 0.496 e. The van der Waals surface area contributed by atoms with Gasteiger partial charge >= 0.3 is 0 Å². The van der Waals surface area contributed by atoms with E-state index < -0.39 is 0 Å². The SMILES string of the molecule is COc1cccc2c1CNC21CC1. The molecule has 1 aromatic rings. The van der Waals surface area contributed by atoms with Crippen molar-refractivity contribution in [3.8, 4) is 5.75 Å². The second kappa shape index (κ2) is 2.26. The molecule has 1 aliphatic carbocycles. The molecular formula is C11H13NO. The van der Waals surface area contributed by atoms with E-state index in [1.165, 1.54) is 24.0 Å². The number of nitrogens with one attached hydrogen (secondary N) is 1. The Kier molecular flexibility index (Phi) is 1.29. The molecule has 0 aromatic heterocycles. The molecule has 13 heavy (non-hydrogen) atoms. The Morgan fingerprint density at radius 2 is 2.23 bits per heavy atom. The fourth-order valence-electron chi connectivity index (χ4n) is 2.31. The summed E-state index contributed by atoms with van der Waals surface area (Å²) in [5, 5.41) is 3.57. The topological polar surface area (TPSA) is 21.3 Å². The molecule has 1 N–H and O–H groups in total. The highest BCUT2D eigenvalue weighted by molar-refractivity contribution is 5.49. The monoisotopic (exact) mass is 175 g/mol. The van der Waals surface area contributed by atoms with E-state index in [1.807, 2.05) is 6.07 Å². The van der Waals surface area contributed by atoms with Crippen LogP contribution < -0.4 is 10.1 Å². The molecule has 2 heteroatoms. The average Bonchev–Trinajstić information content (AvgIpc) is 2.85. The number of ether oxygens (including phenoxy) is 1. The van der Waals surface area contributed by atoms with Crippen molar-refractivity contribution < 1.29 is 4.74 Å². The van der Waals surface area contributed by atoms with E-state index in [1.54, 1.807) is 7.11 Å². The number of benzene rings is 1. The minimum atomic E-state index is 0.337. The third-order valence-corrected chi connectivity index (χ3v) is 3.22. The number of rotatable bonds is 1. The zero-order chi connectivity index (χ0) is 8.89. The summed E-state index contributed by atoms with van der Waals surface area (Å²) in [5.74, 6) is 1.04. The van der Waals surface area contributed by atoms with Gasteiger partial charge in [-0.15, -0.1) is 0 Å². The second-order valence-corrected chi connectivity index (χ2v) is 3.92. The summed E-state index contributed by atoms with van der Waals surface area (Å²) in [4.78, 5) is 0. The van der Waals surface area contributed by atoms with Crippen molar-refractivity contribution in [2.24, 2.45) is 0 Å². The van der Waals surface area contributed by atoms with Crippen LogP contribution in [-0.2, 0) is 12.1 Å². The molecule has 1 aromatic carbocycles. The van der Waals surface area contributed by atoms with Gasteiger partial charge in [-0.3, -0.25) is 0 Å². The fourth-order valence-corrected chi connectivity index (χ4v) is 2.31. The van der Waals surface area contributed by atoms with Crippen LogP contribution in [0, 0.1) is 0 Å². The summed E-state index contributed by atoms with van der Waals surface area (Å²) < 4.78 is 5.34. The highest BCUT2D eigenvalue weighted by atomic mass is 16.5. The lowest BCUT2D eigenvalue weighted by molar-refractivity contribution is 0.410. The Labute approximate surface area is 77.9 Å². The first-order valence-electron chi connectivity index (χ1n) is 4.77. The minimum Gasteiger partial charge on any atom is -0.496 e. The third kappa shape index (κ3) is 0.866. The van der Waals surface area contributed by atoms with Gasteiger partial charge in [-0.25, -0.2) is 0 Å². The van der Waals surface area contributed by atoms with Gasteiger partial charge in [0, 0.05) is 17.6 Å². The lowest BCUT2D eigenvalue weighted by atomic mass is 10.0. The summed E-state index contributed by atoms with van der Waals surface area (Å²) in [6, 6.07) is 6.36. The normalized spacial score (nSPS) is 21.6. The van der Waals surface area contributed by atoms with E-state index in [0.717, 1.165) is 12.3 Å². The van der Waals surface area contributed by atoms with Gasteiger partial charge in [0.15, 0.2) is 0 Å². The first-order chi connectivity index (χ1) is 6.36. The fraction of sp³-hybridized carbons (Fsp3) is 0.455. The summed E-state index contributed by atoms with van der Waals surface area (Å²) in [6.45, 7) is 0.972. The van der Waals surface area contributed by atoms with Crippen LogP contribution in [0.25, 0.3) is 0 Å². The van der Waals surface area contributed by atoms with Crippen LogP contribution in [0.15, 0.2) is 18.2 Å². The van der Waals surface area contributed by atoms with Gasteiger partial charge in [0.1, 0.15) is 5.75 Å². The summed E-state index contributed by atoms with van der Waals surface area (Å²) in [5.41, 5.74) is 3.17. The average molecular weight is 175 g/mol. The van der Waals surface area contributed by atoms with Gasteiger partial charge in [-0.2, -0.15) is 0 Å². The molecule has 1 spiro atoms. The van der Waals surface area contributed by atoms with Crippen molar-refractivity contribution in [3.63, 3.8) is 0 Å². The standard InChI is InChI=1S/C11H13NO/c1-13-10-4-2-3-9-8(10)7-12-11(9)5-6-11/h2-4,12H,5-7H2,1H3. The van der Waals surface area contributed by atoms with Crippen molar-refractivity contribution in [1.82, 2.24) is 5.32 Å². The summed E-state index contributed by atoms with van der Waals surface area (Å²) in [6.07, 6.45) is 2.57. The van der Waals surface area contributed by atoms with Crippen LogP contribution in [0.1, 0.15) is 24.0 Å². The van der Waals surface area contributed by atoms with Crippen LogP contribution in [0.3, 0.4) is 0 Å².